The molecule has 5 rings (SSSR count). The summed E-state index contributed by atoms with van der Waals surface area (Å²) in [6.45, 7) is 2.00. The fourth-order valence-corrected chi connectivity index (χ4v) is 4.42. The molecule has 0 radical (unpaired) electrons. The van der Waals surface area contributed by atoms with Crippen molar-refractivity contribution < 1.29 is 14.4 Å². The number of amides is 2. The SMILES string of the molecule is Cc1ccccc1[C@H]1[C@@H]2C(=O)N(c3ccc(Cl)cc3)C(=O)[C@H]2ON1c1ccccc1. The third-order valence-electron chi connectivity index (χ3n) is 5.72. The smallest absolute Gasteiger partial charge is 0.266 e. The molecule has 3 aromatic rings. The van der Waals surface area contributed by atoms with Gasteiger partial charge in [-0.3, -0.25) is 14.4 Å². The van der Waals surface area contributed by atoms with Crippen molar-refractivity contribution >= 4 is 34.8 Å². The molecule has 2 aliphatic rings. The van der Waals surface area contributed by atoms with Crippen LogP contribution >= 0.6 is 11.6 Å². The highest BCUT2D eigenvalue weighted by Crippen LogP contribution is 2.48. The molecule has 30 heavy (non-hydrogen) atoms. The zero-order chi connectivity index (χ0) is 20.8. The van der Waals surface area contributed by atoms with Crippen LogP contribution in [0.25, 0.3) is 0 Å². The van der Waals surface area contributed by atoms with Gasteiger partial charge in [0.15, 0.2) is 6.10 Å². The van der Waals surface area contributed by atoms with E-state index in [1.165, 1.54) is 4.90 Å². The van der Waals surface area contributed by atoms with Gasteiger partial charge in [0.05, 0.1) is 17.4 Å². The maximum atomic E-state index is 13.5. The number of hydroxylamine groups is 1. The highest BCUT2D eigenvalue weighted by atomic mass is 35.5. The zero-order valence-electron chi connectivity index (χ0n) is 16.2. The predicted molar refractivity (Wildman–Crippen MR) is 115 cm³/mol. The van der Waals surface area contributed by atoms with E-state index in [0.717, 1.165) is 16.8 Å². The minimum Gasteiger partial charge on any atom is -0.273 e. The average molecular weight is 419 g/mol. The van der Waals surface area contributed by atoms with E-state index in [1.807, 2.05) is 61.5 Å². The highest BCUT2D eigenvalue weighted by molar-refractivity contribution is 6.31. The van der Waals surface area contributed by atoms with Gasteiger partial charge in [0.1, 0.15) is 5.92 Å². The Morgan fingerprint density at radius 3 is 2.17 bits per heavy atom. The van der Waals surface area contributed by atoms with Crippen LogP contribution in [-0.2, 0) is 14.4 Å². The van der Waals surface area contributed by atoms with Gasteiger partial charge in [-0.2, -0.15) is 0 Å². The molecular weight excluding hydrogens is 400 g/mol. The van der Waals surface area contributed by atoms with Crippen LogP contribution in [0, 0.1) is 12.8 Å². The third-order valence-corrected chi connectivity index (χ3v) is 5.97. The molecular formula is C24H19ClN2O3. The van der Waals surface area contributed by atoms with Crippen molar-refractivity contribution in [3.8, 4) is 0 Å². The van der Waals surface area contributed by atoms with Crippen molar-refractivity contribution in [2.75, 3.05) is 9.96 Å². The van der Waals surface area contributed by atoms with Crippen molar-refractivity contribution in [2.24, 2.45) is 5.92 Å². The molecule has 0 unspecified atom stereocenters. The van der Waals surface area contributed by atoms with Gasteiger partial charge in [-0.1, -0.05) is 54.1 Å². The van der Waals surface area contributed by atoms with E-state index in [-0.39, 0.29) is 11.8 Å². The van der Waals surface area contributed by atoms with E-state index >= 15 is 0 Å². The van der Waals surface area contributed by atoms with E-state index in [4.69, 9.17) is 16.4 Å². The van der Waals surface area contributed by atoms with E-state index in [2.05, 4.69) is 0 Å². The van der Waals surface area contributed by atoms with E-state index in [1.54, 1.807) is 29.3 Å². The number of para-hydroxylation sites is 1. The van der Waals surface area contributed by atoms with Crippen LogP contribution in [0.2, 0.25) is 5.02 Å². The van der Waals surface area contributed by atoms with Gasteiger partial charge in [-0.25, -0.2) is 9.96 Å². The molecule has 2 amide bonds. The van der Waals surface area contributed by atoms with Gasteiger partial charge in [0.2, 0.25) is 5.91 Å². The predicted octanol–water partition coefficient (Wildman–Crippen LogP) is 4.70. The summed E-state index contributed by atoms with van der Waals surface area (Å²) in [6, 6.07) is 23.7. The van der Waals surface area contributed by atoms with Crippen LogP contribution in [-0.4, -0.2) is 17.9 Å². The number of halogens is 1. The molecule has 0 spiro atoms. The highest BCUT2D eigenvalue weighted by Gasteiger charge is 2.60. The number of fused-ring (bicyclic) bond motifs is 1. The lowest BCUT2D eigenvalue weighted by Crippen LogP contribution is -2.37. The number of benzene rings is 3. The molecule has 0 bridgehead atoms. The van der Waals surface area contributed by atoms with Gasteiger partial charge in [0.25, 0.3) is 5.91 Å². The first-order chi connectivity index (χ1) is 14.6. The molecule has 3 aromatic carbocycles. The summed E-state index contributed by atoms with van der Waals surface area (Å²) < 4.78 is 0. The van der Waals surface area contributed by atoms with Crippen molar-refractivity contribution in [3.05, 3.63) is 95.0 Å². The Labute approximate surface area is 179 Å². The average Bonchev–Trinajstić information content (AvgIpc) is 3.26. The van der Waals surface area contributed by atoms with Gasteiger partial charge in [-0.15, -0.1) is 0 Å². The van der Waals surface area contributed by atoms with E-state index in [0.29, 0.717) is 10.7 Å². The lowest BCUT2D eigenvalue weighted by molar-refractivity contribution is -0.126. The van der Waals surface area contributed by atoms with Crippen LogP contribution in [0.4, 0.5) is 11.4 Å². The molecule has 2 saturated heterocycles. The van der Waals surface area contributed by atoms with Gasteiger partial charge < -0.3 is 0 Å². The maximum Gasteiger partial charge on any atom is 0.266 e. The first-order valence-corrected chi connectivity index (χ1v) is 10.1. The van der Waals surface area contributed by atoms with Crippen molar-refractivity contribution in [1.82, 2.24) is 0 Å². The molecule has 5 nitrogen and oxygen atoms in total. The van der Waals surface area contributed by atoms with Crippen LogP contribution in [0.15, 0.2) is 78.9 Å². The Balaban J connectivity index is 1.60. The summed E-state index contributed by atoms with van der Waals surface area (Å²) in [5, 5.41) is 2.26. The number of hydrogen-bond donors (Lipinski definition) is 0. The number of rotatable bonds is 3. The second-order valence-electron chi connectivity index (χ2n) is 7.50. The molecule has 0 aliphatic carbocycles. The molecule has 2 aliphatic heterocycles. The Morgan fingerprint density at radius 2 is 1.47 bits per heavy atom. The van der Waals surface area contributed by atoms with Gasteiger partial charge in [-0.05, 0) is 54.4 Å². The van der Waals surface area contributed by atoms with Crippen molar-refractivity contribution in [2.45, 2.75) is 19.1 Å². The number of carbonyl (C=O) groups is 2. The molecule has 2 heterocycles. The Hall–Kier alpha value is -3.15. The minimum absolute atomic E-state index is 0.265. The van der Waals surface area contributed by atoms with Gasteiger partial charge >= 0.3 is 0 Å². The Bertz CT molecular complexity index is 1120. The largest absolute Gasteiger partial charge is 0.273 e. The normalized spacial score (nSPS) is 23.2. The summed E-state index contributed by atoms with van der Waals surface area (Å²) in [7, 11) is 0. The fraction of sp³-hybridized carbons (Fsp3) is 0.167. The summed E-state index contributed by atoms with van der Waals surface area (Å²) in [5.41, 5.74) is 3.31. The van der Waals surface area contributed by atoms with E-state index < -0.39 is 18.1 Å². The number of imide groups is 1. The third kappa shape index (κ3) is 2.90. The molecule has 150 valence electrons. The Kier molecular flexibility index (Phi) is 4.57. The maximum absolute atomic E-state index is 13.5. The number of aryl methyl sites for hydroxylation is 1. The quantitative estimate of drug-likeness (QED) is 0.578. The first-order valence-electron chi connectivity index (χ1n) is 9.76. The molecule has 0 saturated carbocycles. The number of hydrogen-bond acceptors (Lipinski definition) is 4. The second-order valence-corrected chi connectivity index (χ2v) is 7.94. The first kappa shape index (κ1) is 18.9. The summed E-state index contributed by atoms with van der Waals surface area (Å²) in [4.78, 5) is 34.1. The number of anilines is 2. The standard InChI is InChI=1S/C24H19ClN2O3/c1-15-7-5-6-10-19(15)21-20-22(30-27(21)18-8-3-2-4-9-18)24(29)26(23(20)28)17-13-11-16(25)12-14-17/h2-14,20-22H,1H3/t20-,21-,22-/m0/s1. The number of carbonyl (C=O) groups excluding carboxylic acids is 2. The fourth-order valence-electron chi connectivity index (χ4n) is 4.29. The zero-order valence-corrected chi connectivity index (χ0v) is 17.0. The lowest BCUT2D eigenvalue weighted by Gasteiger charge is -2.29. The van der Waals surface area contributed by atoms with Crippen LogP contribution in [0.1, 0.15) is 17.2 Å². The molecule has 3 atom stereocenters. The van der Waals surface area contributed by atoms with Crippen LogP contribution in [0.3, 0.4) is 0 Å². The summed E-state index contributed by atoms with van der Waals surface area (Å²) in [6.07, 6.45) is -0.877. The minimum atomic E-state index is -0.877. The lowest BCUT2D eigenvalue weighted by atomic mass is 9.88. The summed E-state index contributed by atoms with van der Waals surface area (Å²) >= 11 is 5.97. The molecule has 0 N–H and O–H groups in total. The summed E-state index contributed by atoms with van der Waals surface area (Å²) in [5.74, 6) is -1.27. The molecule has 2 fully saturated rings. The van der Waals surface area contributed by atoms with Crippen LogP contribution < -0.4 is 9.96 Å². The Morgan fingerprint density at radius 1 is 0.800 bits per heavy atom. The van der Waals surface area contributed by atoms with Crippen molar-refractivity contribution in [3.63, 3.8) is 0 Å². The van der Waals surface area contributed by atoms with Gasteiger partial charge in [0, 0.05) is 5.02 Å². The molecule has 6 heteroatoms. The van der Waals surface area contributed by atoms with Crippen LogP contribution in [0.5, 0.6) is 0 Å². The topological polar surface area (TPSA) is 49.9 Å². The number of nitrogens with zero attached hydrogens (tertiary/aromatic N) is 2. The monoisotopic (exact) mass is 418 g/mol. The molecule has 0 aromatic heterocycles. The van der Waals surface area contributed by atoms with E-state index in [9.17, 15) is 9.59 Å². The second kappa shape index (κ2) is 7.27. The van der Waals surface area contributed by atoms with Crippen molar-refractivity contribution in [1.29, 1.82) is 0 Å².